The van der Waals surface area contributed by atoms with Gasteiger partial charge in [-0.1, -0.05) is 26.0 Å². The summed E-state index contributed by atoms with van der Waals surface area (Å²) in [7, 11) is 1.52. The van der Waals surface area contributed by atoms with Gasteiger partial charge in [0.05, 0.1) is 16.9 Å². The van der Waals surface area contributed by atoms with Crippen LogP contribution < -0.4 is 27.4 Å². The van der Waals surface area contributed by atoms with Crippen LogP contribution in [0.25, 0.3) is 16.6 Å². The highest BCUT2D eigenvalue weighted by Gasteiger charge is 2.32. The van der Waals surface area contributed by atoms with Gasteiger partial charge in [0.15, 0.2) is 0 Å². The Morgan fingerprint density at radius 2 is 1.77 bits per heavy atom. The summed E-state index contributed by atoms with van der Waals surface area (Å²) in [5.74, 6) is -0.701. The van der Waals surface area contributed by atoms with Crippen molar-refractivity contribution in [1.82, 2.24) is 13.7 Å². The third-order valence-corrected chi connectivity index (χ3v) is 7.10. The van der Waals surface area contributed by atoms with Crippen molar-refractivity contribution in [2.45, 2.75) is 52.5 Å². The van der Waals surface area contributed by atoms with E-state index in [1.807, 2.05) is 6.92 Å². The van der Waals surface area contributed by atoms with Crippen molar-refractivity contribution in [1.29, 1.82) is 0 Å². The van der Waals surface area contributed by atoms with E-state index in [4.69, 9.17) is 0 Å². The Labute approximate surface area is 223 Å². The molecule has 0 spiro atoms. The lowest BCUT2D eigenvalue weighted by molar-refractivity contribution is -0.114. The number of nitrogens with zero attached hydrogens (tertiary/aromatic N) is 3. The fourth-order valence-corrected chi connectivity index (χ4v) is 4.99. The zero-order valence-corrected chi connectivity index (χ0v) is 22.3. The Kier molecular flexibility index (Phi) is 6.71. The number of rotatable bonds is 7. The van der Waals surface area contributed by atoms with Crippen molar-refractivity contribution in [2.75, 3.05) is 10.6 Å². The van der Waals surface area contributed by atoms with Crippen LogP contribution in [0.4, 0.5) is 21.6 Å². The van der Waals surface area contributed by atoms with E-state index >= 15 is 4.39 Å². The first-order valence-electron chi connectivity index (χ1n) is 13.0. The van der Waals surface area contributed by atoms with Gasteiger partial charge in [-0.2, -0.15) is 0 Å². The van der Waals surface area contributed by atoms with E-state index in [0.717, 1.165) is 5.56 Å². The molecule has 2 heterocycles. The number of benzene rings is 2. The highest BCUT2D eigenvalue weighted by atomic mass is 19.1. The predicted molar refractivity (Wildman–Crippen MR) is 150 cm³/mol. The minimum absolute atomic E-state index is 0.0986. The number of amides is 1. The van der Waals surface area contributed by atoms with Gasteiger partial charge in [0.2, 0.25) is 5.91 Å². The topological polar surface area (TPSA) is 107 Å². The second kappa shape index (κ2) is 10.0. The number of pyridine rings is 1. The van der Waals surface area contributed by atoms with Gasteiger partial charge in [0, 0.05) is 31.3 Å². The third kappa shape index (κ3) is 4.56. The number of carbonyl (C=O) groups excluding carboxylic acids is 1. The molecule has 5 rings (SSSR count). The lowest BCUT2D eigenvalue weighted by atomic mass is 10.1. The minimum atomic E-state index is -0.567. The molecule has 0 aliphatic heterocycles. The number of aromatic nitrogens is 3. The summed E-state index contributed by atoms with van der Waals surface area (Å²) < 4.78 is 18.9. The van der Waals surface area contributed by atoms with Crippen molar-refractivity contribution in [3.8, 4) is 5.69 Å². The lowest BCUT2D eigenvalue weighted by Crippen LogP contribution is -2.41. The van der Waals surface area contributed by atoms with E-state index in [0.29, 0.717) is 30.6 Å². The Bertz CT molecular complexity index is 1810. The summed E-state index contributed by atoms with van der Waals surface area (Å²) >= 11 is 0. The van der Waals surface area contributed by atoms with Gasteiger partial charge in [-0.05, 0) is 61.6 Å². The monoisotopic (exact) mass is 531 g/mol. The molecule has 202 valence electrons. The summed E-state index contributed by atoms with van der Waals surface area (Å²) in [6.45, 7) is 5.08. The second-order valence-corrected chi connectivity index (χ2v) is 9.82. The molecule has 0 bridgehead atoms. The molecular formula is C29H30FN5O4. The molecule has 2 aromatic heterocycles. The zero-order chi connectivity index (χ0) is 28.0. The maximum Gasteiger partial charge on any atom is 0.336 e. The van der Waals surface area contributed by atoms with Crippen LogP contribution in [0.1, 0.15) is 50.8 Å². The first kappa shape index (κ1) is 26.1. The van der Waals surface area contributed by atoms with Gasteiger partial charge in [0.1, 0.15) is 17.0 Å². The first-order valence-corrected chi connectivity index (χ1v) is 13.0. The van der Waals surface area contributed by atoms with Crippen molar-refractivity contribution >= 4 is 34.0 Å². The fraction of sp³-hybridized carbons (Fsp3) is 0.310. The van der Waals surface area contributed by atoms with E-state index in [2.05, 4.69) is 10.6 Å². The molecule has 39 heavy (non-hydrogen) atoms. The number of carbonyl (C=O) groups is 1. The molecule has 0 radical (unpaired) electrons. The number of halogens is 1. The highest BCUT2D eigenvalue weighted by molar-refractivity contribution is 5.94. The zero-order valence-electron chi connectivity index (χ0n) is 22.3. The lowest BCUT2D eigenvalue weighted by Gasteiger charge is -2.21. The van der Waals surface area contributed by atoms with Crippen molar-refractivity contribution in [3.05, 3.63) is 90.6 Å². The standard InChI is InChI=1S/C29H30FN5O4/c1-5-17-10-13-23(22(30)14-17)32-26-24-25(21(6-2)27(37)33(26)4)34(29(39)35(28(24)38)19-11-12-19)20-9-7-8-18(15-20)31-16(3)36/h7-10,13-15,19,32H,5-6,11-12H2,1-4H3,(H,31,36). The van der Waals surface area contributed by atoms with Crippen LogP contribution in [0.2, 0.25) is 0 Å². The van der Waals surface area contributed by atoms with Crippen molar-refractivity contribution in [3.63, 3.8) is 0 Å². The van der Waals surface area contributed by atoms with Gasteiger partial charge < -0.3 is 10.6 Å². The molecule has 1 aliphatic carbocycles. The fourth-order valence-electron chi connectivity index (χ4n) is 4.99. The quantitative estimate of drug-likeness (QED) is 0.373. The van der Waals surface area contributed by atoms with Crippen LogP contribution >= 0.6 is 0 Å². The van der Waals surface area contributed by atoms with Crippen LogP contribution in [0.3, 0.4) is 0 Å². The third-order valence-electron chi connectivity index (χ3n) is 7.10. The molecule has 1 amide bonds. The predicted octanol–water partition coefficient (Wildman–Crippen LogP) is 4.15. The molecule has 10 heteroatoms. The summed E-state index contributed by atoms with van der Waals surface area (Å²) in [4.78, 5) is 53.2. The average Bonchev–Trinajstić information content (AvgIpc) is 3.73. The molecule has 4 aromatic rings. The summed E-state index contributed by atoms with van der Waals surface area (Å²) in [5, 5.41) is 5.82. The van der Waals surface area contributed by atoms with E-state index in [9.17, 15) is 19.2 Å². The largest absolute Gasteiger partial charge is 0.338 e. The van der Waals surface area contributed by atoms with Gasteiger partial charge in [-0.25, -0.2) is 9.18 Å². The molecule has 1 fully saturated rings. The number of hydrogen-bond acceptors (Lipinski definition) is 5. The van der Waals surface area contributed by atoms with Gasteiger partial charge in [-0.15, -0.1) is 0 Å². The van der Waals surface area contributed by atoms with Crippen LogP contribution in [0.15, 0.2) is 56.8 Å². The van der Waals surface area contributed by atoms with Gasteiger partial charge in [0.25, 0.3) is 11.1 Å². The number of hydrogen-bond donors (Lipinski definition) is 2. The molecule has 0 unspecified atom stereocenters. The minimum Gasteiger partial charge on any atom is -0.338 e. The van der Waals surface area contributed by atoms with Gasteiger partial charge >= 0.3 is 5.69 Å². The van der Waals surface area contributed by atoms with Crippen molar-refractivity contribution in [2.24, 2.45) is 7.05 Å². The molecule has 0 saturated heterocycles. The maximum atomic E-state index is 15.1. The second-order valence-electron chi connectivity index (χ2n) is 9.82. The molecule has 9 nitrogen and oxygen atoms in total. The van der Waals surface area contributed by atoms with E-state index < -0.39 is 22.6 Å². The number of anilines is 3. The molecular weight excluding hydrogens is 501 g/mol. The maximum absolute atomic E-state index is 15.1. The summed E-state index contributed by atoms with van der Waals surface area (Å²) in [6.07, 6.45) is 2.25. The first-order chi connectivity index (χ1) is 18.7. The van der Waals surface area contributed by atoms with Crippen LogP contribution in [0, 0.1) is 5.82 Å². The molecule has 2 N–H and O–H groups in total. The summed E-state index contributed by atoms with van der Waals surface area (Å²) in [5.41, 5.74) is 0.695. The number of nitrogens with one attached hydrogen (secondary N) is 2. The number of fused-ring (bicyclic) bond motifs is 1. The van der Waals surface area contributed by atoms with E-state index in [1.165, 1.54) is 33.7 Å². The SMILES string of the molecule is CCc1ccc(Nc2c3c(=O)n(C4CC4)c(=O)n(-c4cccc(NC(C)=O)c4)c3c(CC)c(=O)n2C)c(F)c1. The summed E-state index contributed by atoms with van der Waals surface area (Å²) in [6, 6.07) is 11.2. The van der Waals surface area contributed by atoms with Gasteiger partial charge in [-0.3, -0.25) is 28.1 Å². The molecule has 1 aliphatic rings. The molecule has 0 atom stereocenters. The number of aryl methyl sites for hydroxylation is 2. The van der Waals surface area contributed by atoms with Crippen LogP contribution in [-0.4, -0.2) is 19.6 Å². The normalized spacial score (nSPS) is 13.1. The van der Waals surface area contributed by atoms with E-state index in [-0.39, 0.29) is 46.3 Å². The molecule has 2 aromatic carbocycles. The Hall–Kier alpha value is -4.47. The van der Waals surface area contributed by atoms with Crippen LogP contribution in [-0.2, 0) is 24.7 Å². The van der Waals surface area contributed by atoms with Crippen LogP contribution in [0.5, 0.6) is 0 Å². The Morgan fingerprint density at radius 1 is 1.03 bits per heavy atom. The van der Waals surface area contributed by atoms with Crippen molar-refractivity contribution < 1.29 is 9.18 Å². The smallest absolute Gasteiger partial charge is 0.336 e. The van der Waals surface area contributed by atoms with E-state index in [1.54, 1.807) is 43.3 Å². The highest BCUT2D eigenvalue weighted by Crippen LogP contribution is 2.34. The Morgan fingerprint density at radius 3 is 2.38 bits per heavy atom. The average molecular weight is 532 g/mol. The molecule has 1 saturated carbocycles. The Balaban J connectivity index is 1.90.